The van der Waals surface area contributed by atoms with E-state index in [1.807, 2.05) is 4.98 Å². The van der Waals surface area contributed by atoms with Crippen molar-refractivity contribution >= 4 is 11.9 Å². The number of amides is 1. The van der Waals surface area contributed by atoms with Gasteiger partial charge in [-0.3, -0.25) is 14.6 Å². The van der Waals surface area contributed by atoms with E-state index in [1.54, 1.807) is 0 Å². The molecule has 1 aliphatic rings. The van der Waals surface area contributed by atoms with Crippen LogP contribution in [0.2, 0.25) is 0 Å². The normalized spacial score (nSPS) is 18.6. The summed E-state index contributed by atoms with van der Waals surface area (Å²) in [5.41, 5.74) is -1.65. The van der Waals surface area contributed by atoms with Crippen LogP contribution in [0, 0.1) is 0 Å². The fourth-order valence-corrected chi connectivity index (χ4v) is 2.28. The molecule has 1 aromatic heterocycles. The first-order valence-corrected chi connectivity index (χ1v) is 6.25. The van der Waals surface area contributed by atoms with Crippen LogP contribution in [0.25, 0.3) is 0 Å². The van der Waals surface area contributed by atoms with Gasteiger partial charge in [0.1, 0.15) is 11.6 Å². The van der Waals surface area contributed by atoms with E-state index in [2.05, 4.69) is 9.72 Å². The predicted octanol–water partition coefficient (Wildman–Crippen LogP) is -0.769. The quantitative estimate of drug-likeness (QED) is 0.691. The highest BCUT2D eigenvalue weighted by atomic mass is 16.5. The van der Waals surface area contributed by atoms with Crippen molar-refractivity contribution in [2.45, 2.75) is 25.3 Å². The zero-order valence-electron chi connectivity index (χ0n) is 11.0. The van der Waals surface area contributed by atoms with Gasteiger partial charge in [0.15, 0.2) is 0 Å². The Hall–Kier alpha value is -2.38. The minimum atomic E-state index is -0.770. The van der Waals surface area contributed by atoms with Gasteiger partial charge in [-0.05, 0) is 19.3 Å². The molecule has 0 unspecified atom stereocenters. The summed E-state index contributed by atoms with van der Waals surface area (Å²) in [6.07, 6.45) is 3.12. The highest BCUT2D eigenvalue weighted by Gasteiger charge is 2.34. The van der Waals surface area contributed by atoms with Gasteiger partial charge >= 0.3 is 11.7 Å². The van der Waals surface area contributed by atoms with E-state index in [1.165, 1.54) is 12.0 Å². The molecule has 1 aromatic rings. The molecule has 1 saturated heterocycles. The van der Waals surface area contributed by atoms with E-state index < -0.39 is 29.2 Å². The second-order valence-electron chi connectivity index (χ2n) is 4.52. The van der Waals surface area contributed by atoms with Gasteiger partial charge in [0.25, 0.3) is 11.5 Å². The molecule has 108 valence electrons. The number of likely N-dealkylation sites (tertiary alicyclic amines) is 1. The number of aromatic nitrogens is 2. The minimum Gasteiger partial charge on any atom is -0.467 e. The molecule has 0 aromatic carbocycles. The predicted molar refractivity (Wildman–Crippen MR) is 68.4 cm³/mol. The summed E-state index contributed by atoms with van der Waals surface area (Å²) in [5.74, 6) is -1.09. The molecule has 2 N–H and O–H groups in total. The van der Waals surface area contributed by atoms with Crippen LogP contribution < -0.4 is 11.2 Å². The summed E-state index contributed by atoms with van der Waals surface area (Å²) < 4.78 is 4.68. The molecular weight excluding hydrogens is 266 g/mol. The lowest BCUT2D eigenvalue weighted by atomic mass is 10.0. The van der Waals surface area contributed by atoms with Crippen LogP contribution in [0.15, 0.2) is 15.8 Å². The van der Waals surface area contributed by atoms with Gasteiger partial charge in [-0.1, -0.05) is 0 Å². The number of rotatable bonds is 2. The number of methoxy groups -OCH3 is 1. The van der Waals surface area contributed by atoms with Crippen LogP contribution in [0.4, 0.5) is 0 Å². The third-order valence-electron chi connectivity index (χ3n) is 3.29. The Kier molecular flexibility index (Phi) is 4.02. The Morgan fingerprint density at radius 1 is 1.35 bits per heavy atom. The molecule has 1 aliphatic heterocycles. The number of aromatic amines is 2. The lowest BCUT2D eigenvalue weighted by molar-refractivity contribution is -0.147. The molecule has 0 radical (unpaired) electrons. The molecule has 1 atom stereocenters. The number of nitrogens with zero attached hydrogens (tertiary/aromatic N) is 1. The molecule has 0 bridgehead atoms. The lowest BCUT2D eigenvalue weighted by Crippen LogP contribution is -2.49. The fraction of sp³-hybridized carbons (Fsp3) is 0.500. The maximum absolute atomic E-state index is 12.3. The highest BCUT2D eigenvalue weighted by Crippen LogP contribution is 2.19. The molecule has 2 heterocycles. The molecule has 0 spiro atoms. The molecule has 0 aliphatic carbocycles. The van der Waals surface area contributed by atoms with Crippen molar-refractivity contribution in [1.82, 2.24) is 14.9 Å². The number of esters is 1. The van der Waals surface area contributed by atoms with Crippen LogP contribution in [0.3, 0.4) is 0 Å². The number of hydrogen-bond donors (Lipinski definition) is 2. The van der Waals surface area contributed by atoms with Crippen molar-refractivity contribution in [3.63, 3.8) is 0 Å². The van der Waals surface area contributed by atoms with Gasteiger partial charge in [-0.15, -0.1) is 0 Å². The van der Waals surface area contributed by atoms with Gasteiger partial charge in [-0.25, -0.2) is 9.59 Å². The van der Waals surface area contributed by atoms with Crippen LogP contribution in [0.5, 0.6) is 0 Å². The van der Waals surface area contributed by atoms with E-state index in [0.717, 1.165) is 19.0 Å². The average molecular weight is 281 g/mol. The first kappa shape index (κ1) is 14.0. The van der Waals surface area contributed by atoms with E-state index in [-0.39, 0.29) is 5.56 Å². The smallest absolute Gasteiger partial charge is 0.328 e. The molecule has 0 saturated carbocycles. The number of H-pyrrole nitrogens is 2. The first-order chi connectivity index (χ1) is 9.54. The van der Waals surface area contributed by atoms with E-state index in [9.17, 15) is 19.2 Å². The van der Waals surface area contributed by atoms with Crippen molar-refractivity contribution in [3.8, 4) is 0 Å². The van der Waals surface area contributed by atoms with Crippen LogP contribution in [0.1, 0.15) is 29.6 Å². The van der Waals surface area contributed by atoms with E-state index in [4.69, 9.17) is 0 Å². The molecule has 8 nitrogen and oxygen atoms in total. The molecule has 1 fully saturated rings. The summed E-state index contributed by atoms with van der Waals surface area (Å²) in [4.78, 5) is 52.2. The third-order valence-corrected chi connectivity index (χ3v) is 3.29. The molecule has 2 rings (SSSR count). The van der Waals surface area contributed by atoms with Gasteiger partial charge in [0, 0.05) is 12.7 Å². The highest BCUT2D eigenvalue weighted by molar-refractivity contribution is 5.96. The number of carbonyl (C=O) groups is 2. The van der Waals surface area contributed by atoms with Crippen LogP contribution in [-0.4, -0.2) is 46.4 Å². The zero-order valence-corrected chi connectivity index (χ0v) is 11.0. The Morgan fingerprint density at radius 3 is 2.75 bits per heavy atom. The molecular formula is C12H15N3O5. The van der Waals surface area contributed by atoms with Crippen LogP contribution >= 0.6 is 0 Å². The molecule has 1 amide bonds. The maximum atomic E-state index is 12.3. The SMILES string of the molecule is COC(=O)[C@H]1CCCCN1C(=O)c1c[nH]c(=O)[nH]c1=O. The van der Waals surface area contributed by atoms with Crippen molar-refractivity contribution in [1.29, 1.82) is 0 Å². The Morgan fingerprint density at radius 2 is 2.10 bits per heavy atom. The second-order valence-corrected chi connectivity index (χ2v) is 4.52. The monoisotopic (exact) mass is 281 g/mol. The topological polar surface area (TPSA) is 112 Å². The van der Waals surface area contributed by atoms with Crippen molar-refractivity contribution in [2.24, 2.45) is 0 Å². The third kappa shape index (κ3) is 2.63. The van der Waals surface area contributed by atoms with Crippen molar-refractivity contribution in [2.75, 3.05) is 13.7 Å². The maximum Gasteiger partial charge on any atom is 0.328 e. The summed E-state index contributed by atoms with van der Waals surface area (Å²) in [6.45, 7) is 0.372. The number of piperidine rings is 1. The Balaban J connectivity index is 2.32. The Labute approximate surface area is 113 Å². The number of ether oxygens (including phenoxy) is 1. The van der Waals surface area contributed by atoms with Gasteiger partial charge in [0.2, 0.25) is 0 Å². The van der Waals surface area contributed by atoms with Crippen LogP contribution in [-0.2, 0) is 9.53 Å². The minimum absolute atomic E-state index is 0.194. The average Bonchev–Trinajstić information content (AvgIpc) is 2.46. The van der Waals surface area contributed by atoms with Crippen molar-refractivity contribution < 1.29 is 14.3 Å². The van der Waals surface area contributed by atoms with Crippen molar-refractivity contribution in [3.05, 3.63) is 32.6 Å². The Bertz CT molecular complexity index is 632. The fourth-order valence-electron chi connectivity index (χ4n) is 2.28. The van der Waals surface area contributed by atoms with E-state index in [0.29, 0.717) is 13.0 Å². The number of hydrogen-bond acceptors (Lipinski definition) is 5. The summed E-state index contributed by atoms with van der Waals surface area (Å²) >= 11 is 0. The summed E-state index contributed by atoms with van der Waals surface area (Å²) in [5, 5.41) is 0. The van der Waals surface area contributed by atoms with Gasteiger partial charge < -0.3 is 14.6 Å². The standard InChI is InChI=1S/C12H15N3O5/c1-20-11(18)8-4-2-3-5-15(8)10(17)7-6-13-12(19)14-9(7)16/h6,8H,2-5H2,1H3,(H2,13,14,16,19)/t8-/m1/s1. The first-order valence-electron chi connectivity index (χ1n) is 6.25. The summed E-state index contributed by atoms with van der Waals surface area (Å²) in [6, 6.07) is -0.687. The zero-order chi connectivity index (χ0) is 14.7. The number of carbonyl (C=O) groups excluding carboxylic acids is 2. The van der Waals surface area contributed by atoms with Gasteiger partial charge in [0.05, 0.1) is 7.11 Å². The summed E-state index contributed by atoms with van der Waals surface area (Å²) in [7, 11) is 1.26. The lowest BCUT2D eigenvalue weighted by Gasteiger charge is -2.33. The number of nitrogens with one attached hydrogen (secondary N) is 2. The largest absolute Gasteiger partial charge is 0.467 e. The van der Waals surface area contributed by atoms with Gasteiger partial charge in [-0.2, -0.15) is 0 Å². The molecule has 8 heteroatoms. The second kappa shape index (κ2) is 5.72. The molecule has 20 heavy (non-hydrogen) atoms. The van der Waals surface area contributed by atoms with E-state index >= 15 is 0 Å².